The number of sulfonamides is 1. The lowest BCUT2D eigenvalue weighted by atomic mass is 10.0. The monoisotopic (exact) mass is 301 g/mol. The van der Waals surface area contributed by atoms with Gasteiger partial charge in [-0.1, -0.05) is 6.07 Å². The van der Waals surface area contributed by atoms with Crippen LogP contribution in [-0.2, 0) is 14.8 Å². The van der Waals surface area contributed by atoms with Crippen LogP contribution in [-0.4, -0.2) is 39.9 Å². The zero-order chi connectivity index (χ0) is 15.5. The van der Waals surface area contributed by atoms with Gasteiger partial charge in [-0.05, 0) is 49.9 Å². The highest BCUT2D eigenvalue weighted by Gasteiger charge is 2.22. The van der Waals surface area contributed by atoms with Gasteiger partial charge in [0.2, 0.25) is 10.0 Å². The van der Waals surface area contributed by atoms with E-state index in [1.54, 1.807) is 13.8 Å². The maximum atomic E-state index is 12.4. The highest BCUT2D eigenvalue weighted by atomic mass is 32.2. The molecular formula is C14H23NO4S. The van der Waals surface area contributed by atoms with Crippen LogP contribution in [0.25, 0.3) is 0 Å². The smallest absolute Gasteiger partial charge is 0.241 e. The van der Waals surface area contributed by atoms with Gasteiger partial charge in [0.15, 0.2) is 0 Å². The van der Waals surface area contributed by atoms with E-state index in [2.05, 4.69) is 4.72 Å². The Labute approximate surface area is 121 Å². The van der Waals surface area contributed by atoms with E-state index in [0.29, 0.717) is 4.90 Å². The van der Waals surface area contributed by atoms with E-state index in [4.69, 9.17) is 4.74 Å². The van der Waals surface area contributed by atoms with Gasteiger partial charge in [0.25, 0.3) is 0 Å². The van der Waals surface area contributed by atoms with Crippen molar-refractivity contribution in [2.24, 2.45) is 0 Å². The van der Waals surface area contributed by atoms with Gasteiger partial charge in [-0.15, -0.1) is 0 Å². The highest BCUT2D eigenvalue weighted by molar-refractivity contribution is 7.89. The van der Waals surface area contributed by atoms with E-state index < -0.39 is 16.1 Å². The minimum atomic E-state index is -3.65. The summed E-state index contributed by atoms with van der Waals surface area (Å²) in [5.74, 6) is 0. The van der Waals surface area contributed by atoms with Crippen LogP contribution in [0.2, 0.25) is 0 Å². The van der Waals surface area contributed by atoms with Crippen molar-refractivity contribution in [3.05, 3.63) is 28.3 Å². The molecule has 0 aliphatic carbocycles. The first kappa shape index (κ1) is 17.1. The number of aliphatic hydroxyl groups is 1. The van der Waals surface area contributed by atoms with Crippen molar-refractivity contribution < 1.29 is 18.3 Å². The van der Waals surface area contributed by atoms with Gasteiger partial charge in [0.05, 0.1) is 17.6 Å². The summed E-state index contributed by atoms with van der Waals surface area (Å²) in [4.78, 5) is 0.305. The molecule has 0 aromatic heterocycles. The number of ether oxygens (including phenoxy) is 1. The van der Waals surface area contributed by atoms with Gasteiger partial charge >= 0.3 is 0 Å². The highest BCUT2D eigenvalue weighted by Crippen LogP contribution is 2.25. The Kier molecular flexibility index (Phi) is 5.70. The van der Waals surface area contributed by atoms with Crippen molar-refractivity contribution in [2.75, 3.05) is 20.3 Å². The number of nitrogens with one attached hydrogen (secondary N) is 1. The first-order valence-electron chi connectivity index (χ1n) is 6.44. The van der Waals surface area contributed by atoms with Crippen molar-refractivity contribution in [2.45, 2.75) is 38.7 Å². The Morgan fingerprint density at radius 3 is 2.15 bits per heavy atom. The van der Waals surface area contributed by atoms with Crippen LogP contribution >= 0.6 is 0 Å². The molecule has 0 fully saturated rings. The molecule has 0 amide bonds. The average Bonchev–Trinajstić information content (AvgIpc) is 2.35. The fourth-order valence-corrected chi connectivity index (χ4v) is 3.80. The van der Waals surface area contributed by atoms with Gasteiger partial charge in [-0.2, -0.15) is 0 Å². The van der Waals surface area contributed by atoms with Gasteiger partial charge in [0, 0.05) is 13.7 Å². The van der Waals surface area contributed by atoms with Gasteiger partial charge in [-0.3, -0.25) is 0 Å². The molecule has 0 aliphatic rings. The predicted molar refractivity (Wildman–Crippen MR) is 78.5 cm³/mol. The SMILES string of the molecule is COCC(O)CNS(=O)(=O)c1c(C)c(C)cc(C)c1C. The van der Waals surface area contributed by atoms with E-state index >= 15 is 0 Å². The van der Waals surface area contributed by atoms with Crippen LogP contribution in [0.5, 0.6) is 0 Å². The Morgan fingerprint density at radius 1 is 1.20 bits per heavy atom. The minimum absolute atomic E-state index is 0.0674. The molecule has 0 aliphatic heterocycles. The summed E-state index contributed by atoms with van der Waals surface area (Å²) < 4.78 is 32.1. The molecule has 5 nitrogen and oxygen atoms in total. The molecule has 0 heterocycles. The van der Waals surface area contributed by atoms with Crippen LogP contribution in [0, 0.1) is 27.7 Å². The second-order valence-electron chi connectivity index (χ2n) is 5.05. The van der Waals surface area contributed by atoms with Crippen LogP contribution in [0.3, 0.4) is 0 Å². The number of rotatable bonds is 6. The number of hydrogen-bond acceptors (Lipinski definition) is 4. The fraction of sp³-hybridized carbons (Fsp3) is 0.571. The van der Waals surface area contributed by atoms with Crippen LogP contribution in [0.4, 0.5) is 0 Å². The zero-order valence-electron chi connectivity index (χ0n) is 12.6. The van der Waals surface area contributed by atoms with Crippen LogP contribution < -0.4 is 4.72 Å². The third kappa shape index (κ3) is 3.79. The molecule has 0 bridgehead atoms. The van der Waals surface area contributed by atoms with Crippen molar-refractivity contribution in [3.8, 4) is 0 Å². The normalized spacial score (nSPS) is 13.5. The summed E-state index contributed by atoms with van der Waals surface area (Å²) in [7, 11) is -2.19. The van der Waals surface area contributed by atoms with Gasteiger partial charge < -0.3 is 9.84 Å². The molecule has 0 saturated heterocycles. The Hall–Kier alpha value is -0.950. The van der Waals surface area contributed by atoms with Crippen molar-refractivity contribution in [1.82, 2.24) is 4.72 Å². The standard InChI is InChI=1S/C14H23NO4S/c1-9-6-10(2)12(4)14(11(9)3)20(17,18)15-7-13(16)8-19-5/h6,13,15-16H,7-8H2,1-5H3. The Bertz CT molecular complexity index is 555. The number of aryl methyl sites for hydroxylation is 2. The minimum Gasteiger partial charge on any atom is -0.389 e. The predicted octanol–water partition coefficient (Wildman–Crippen LogP) is 1.21. The molecule has 114 valence electrons. The molecule has 1 aromatic rings. The molecule has 0 radical (unpaired) electrons. The molecule has 0 spiro atoms. The van der Waals surface area contributed by atoms with Crippen molar-refractivity contribution in [3.63, 3.8) is 0 Å². The summed E-state index contributed by atoms with van der Waals surface area (Å²) >= 11 is 0. The third-order valence-corrected chi connectivity index (χ3v) is 5.13. The third-order valence-electron chi connectivity index (χ3n) is 3.43. The lowest BCUT2D eigenvalue weighted by molar-refractivity contribution is 0.0679. The molecule has 1 unspecified atom stereocenters. The Balaban J connectivity index is 3.10. The number of methoxy groups -OCH3 is 1. The van der Waals surface area contributed by atoms with Gasteiger partial charge in [0.1, 0.15) is 0 Å². The van der Waals surface area contributed by atoms with E-state index in [0.717, 1.165) is 22.3 Å². The topological polar surface area (TPSA) is 75.6 Å². The lowest BCUT2D eigenvalue weighted by Crippen LogP contribution is -2.35. The molecular weight excluding hydrogens is 278 g/mol. The quantitative estimate of drug-likeness (QED) is 0.828. The van der Waals surface area contributed by atoms with Crippen LogP contribution in [0.15, 0.2) is 11.0 Å². The molecule has 6 heteroatoms. The first-order valence-corrected chi connectivity index (χ1v) is 7.93. The fourth-order valence-electron chi connectivity index (χ4n) is 2.11. The molecule has 0 saturated carbocycles. The zero-order valence-corrected chi connectivity index (χ0v) is 13.5. The molecule has 1 aromatic carbocycles. The second kappa shape index (κ2) is 6.67. The van der Waals surface area contributed by atoms with Crippen molar-refractivity contribution in [1.29, 1.82) is 0 Å². The molecule has 2 N–H and O–H groups in total. The summed E-state index contributed by atoms with van der Waals surface area (Å²) in [6, 6.07) is 1.98. The summed E-state index contributed by atoms with van der Waals surface area (Å²) in [6.07, 6.45) is -0.860. The van der Waals surface area contributed by atoms with E-state index in [1.807, 2.05) is 19.9 Å². The Morgan fingerprint density at radius 2 is 1.70 bits per heavy atom. The number of hydrogen-bond donors (Lipinski definition) is 2. The second-order valence-corrected chi connectivity index (χ2v) is 6.75. The largest absolute Gasteiger partial charge is 0.389 e. The summed E-state index contributed by atoms with van der Waals surface area (Å²) in [5, 5.41) is 9.56. The summed E-state index contributed by atoms with van der Waals surface area (Å²) in [6.45, 7) is 7.39. The molecule has 1 rings (SSSR count). The molecule has 20 heavy (non-hydrogen) atoms. The maximum absolute atomic E-state index is 12.4. The lowest BCUT2D eigenvalue weighted by Gasteiger charge is -2.17. The van der Waals surface area contributed by atoms with E-state index in [-0.39, 0.29) is 13.2 Å². The van der Waals surface area contributed by atoms with Crippen molar-refractivity contribution >= 4 is 10.0 Å². The molecule has 1 atom stereocenters. The van der Waals surface area contributed by atoms with E-state index in [9.17, 15) is 13.5 Å². The van der Waals surface area contributed by atoms with E-state index in [1.165, 1.54) is 7.11 Å². The van der Waals surface area contributed by atoms with Crippen LogP contribution in [0.1, 0.15) is 22.3 Å². The average molecular weight is 301 g/mol. The summed E-state index contributed by atoms with van der Waals surface area (Å²) in [5.41, 5.74) is 3.35. The number of aliphatic hydroxyl groups excluding tert-OH is 1. The maximum Gasteiger partial charge on any atom is 0.241 e. The first-order chi connectivity index (χ1) is 9.20. The van der Waals surface area contributed by atoms with Gasteiger partial charge in [-0.25, -0.2) is 13.1 Å². The number of benzene rings is 1.